The molecule has 0 radical (unpaired) electrons. The van der Waals surface area contributed by atoms with E-state index >= 15 is 0 Å². The Labute approximate surface area is 137 Å². The average molecular weight is 332 g/mol. The minimum Gasteiger partial charge on any atom is -0.381 e. The molecule has 4 rings (SSSR count). The summed E-state index contributed by atoms with van der Waals surface area (Å²) in [6.07, 6.45) is 2.93. The van der Waals surface area contributed by atoms with Crippen LogP contribution < -0.4 is 5.32 Å². The monoisotopic (exact) mass is 332 g/mol. The van der Waals surface area contributed by atoms with Crippen LogP contribution in [0.1, 0.15) is 13.3 Å². The van der Waals surface area contributed by atoms with Crippen molar-refractivity contribution in [3.63, 3.8) is 0 Å². The number of ether oxygens (including phenoxy) is 1. The van der Waals surface area contributed by atoms with Crippen LogP contribution in [0.15, 0.2) is 30.5 Å². The largest absolute Gasteiger partial charge is 0.381 e. The van der Waals surface area contributed by atoms with Gasteiger partial charge >= 0.3 is 0 Å². The molecule has 0 saturated carbocycles. The van der Waals surface area contributed by atoms with Crippen molar-refractivity contribution in [1.82, 2.24) is 14.6 Å². The predicted molar refractivity (Wildman–Crippen MR) is 88.3 cm³/mol. The second-order valence-corrected chi connectivity index (χ2v) is 7.19. The zero-order valence-corrected chi connectivity index (χ0v) is 13.6. The minimum absolute atomic E-state index is 0.174. The molecule has 1 saturated heterocycles. The van der Waals surface area contributed by atoms with E-state index in [1.165, 1.54) is 23.5 Å². The van der Waals surface area contributed by atoms with Gasteiger partial charge in [0.1, 0.15) is 5.82 Å². The molecule has 0 bridgehead atoms. The lowest BCUT2D eigenvalue weighted by molar-refractivity contribution is 0.164. The first-order valence-electron chi connectivity index (χ1n) is 7.55. The molecule has 1 atom stereocenters. The van der Waals surface area contributed by atoms with Crippen LogP contribution in [0.2, 0.25) is 0 Å². The number of fused-ring (bicyclic) bond motifs is 1. The van der Waals surface area contributed by atoms with Gasteiger partial charge in [-0.15, -0.1) is 5.10 Å². The van der Waals surface area contributed by atoms with Gasteiger partial charge in [-0.1, -0.05) is 18.3 Å². The standard InChI is InChI=1S/C16H17FN4OS/c1-16(6-7-22-10-16)9-18-14-20-21-8-13(19-15(21)23-14)11-2-4-12(17)5-3-11/h2-5,8H,6-7,9-10H2,1H3,(H,18,20). The van der Waals surface area contributed by atoms with E-state index in [1.807, 2.05) is 6.20 Å². The van der Waals surface area contributed by atoms with E-state index in [9.17, 15) is 4.39 Å². The summed E-state index contributed by atoms with van der Waals surface area (Å²) in [4.78, 5) is 5.38. The molecule has 1 N–H and O–H groups in total. The average Bonchev–Trinajstić information content (AvgIpc) is 3.21. The predicted octanol–water partition coefficient (Wildman–Crippen LogP) is 3.44. The fourth-order valence-corrected chi connectivity index (χ4v) is 3.45. The van der Waals surface area contributed by atoms with Crippen LogP contribution in [0.25, 0.3) is 16.2 Å². The first-order chi connectivity index (χ1) is 11.1. The third-order valence-electron chi connectivity index (χ3n) is 4.15. The summed E-state index contributed by atoms with van der Waals surface area (Å²) in [5, 5.41) is 8.75. The van der Waals surface area contributed by atoms with E-state index in [2.05, 4.69) is 22.3 Å². The Hall–Kier alpha value is -1.99. The second-order valence-electron chi connectivity index (χ2n) is 6.23. The van der Waals surface area contributed by atoms with Gasteiger partial charge in [0.15, 0.2) is 0 Å². The number of hydrogen-bond donors (Lipinski definition) is 1. The number of halogens is 1. The second kappa shape index (κ2) is 5.58. The molecule has 1 aromatic carbocycles. The molecule has 1 aliphatic heterocycles. The van der Waals surface area contributed by atoms with Crippen LogP contribution in [0.4, 0.5) is 9.52 Å². The van der Waals surface area contributed by atoms with Crippen molar-refractivity contribution in [1.29, 1.82) is 0 Å². The van der Waals surface area contributed by atoms with Crippen molar-refractivity contribution in [2.24, 2.45) is 5.41 Å². The quantitative estimate of drug-likeness (QED) is 0.795. The van der Waals surface area contributed by atoms with E-state index in [1.54, 1.807) is 16.6 Å². The zero-order chi connectivity index (χ0) is 15.9. The number of aromatic nitrogens is 3. The van der Waals surface area contributed by atoms with Gasteiger partial charge in [0.05, 0.1) is 18.5 Å². The van der Waals surface area contributed by atoms with Crippen LogP contribution >= 0.6 is 11.3 Å². The van der Waals surface area contributed by atoms with Gasteiger partial charge in [-0.3, -0.25) is 0 Å². The van der Waals surface area contributed by atoms with Crippen molar-refractivity contribution in [2.75, 3.05) is 25.1 Å². The fraction of sp³-hybridized carbons (Fsp3) is 0.375. The summed E-state index contributed by atoms with van der Waals surface area (Å²) in [6.45, 7) is 4.68. The number of benzene rings is 1. The molecule has 23 heavy (non-hydrogen) atoms. The first kappa shape index (κ1) is 14.6. The molecule has 1 fully saturated rings. The smallest absolute Gasteiger partial charge is 0.214 e. The van der Waals surface area contributed by atoms with Crippen LogP contribution in [0, 0.1) is 11.2 Å². The molecule has 0 spiro atoms. The number of rotatable bonds is 4. The topological polar surface area (TPSA) is 51.5 Å². The Morgan fingerprint density at radius 2 is 2.22 bits per heavy atom. The van der Waals surface area contributed by atoms with E-state index < -0.39 is 0 Å². The molecule has 1 unspecified atom stereocenters. The maximum absolute atomic E-state index is 13.0. The van der Waals surface area contributed by atoms with Crippen LogP contribution in [0.5, 0.6) is 0 Å². The number of nitrogens with zero attached hydrogens (tertiary/aromatic N) is 3. The van der Waals surface area contributed by atoms with Gasteiger partial charge in [-0.2, -0.15) is 0 Å². The van der Waals surface area contributed by atoms with E-state index in [4.69, 9.17) is 4.74 Å². The van der Waals surface area contributed by atoms with Gasteiger partial charge in [-0.25, -0.2) is 13.9 Å². The highest BCUT2D eigenvalue weighted by molar-refractivity contribution is 7.20. The summed E-state index contributed by atoms with van der Waals surface area (Å²) < 4.78 is 20.2. The molecule has 5 nitrogen and oxygen atoms in total. The van der Waals surface area contributed by atoms with Gasteiger partial charge in [0.2, 0.25) is 10.1 Å². The first-order valence-corrected chi connectivity index (χ1v) is 8.37. The van der Waals surface area contributed by atoms with Crippen LogP contribution in [-0.4, -0.2) is 34.4 Å². The summed E-state index contributed by atoms with van der Waals surface area (Å²) in [5.74, 6) is -0.247. The van der Waals surface area contributed by atoms with E-state index in [0.717, 1.165) is 47.5 Å². The Morgan fingerprint density at radius 1 is 1.39 bits per heavy atom. The third-order valence-corrected chi connectivity index (χ3v) is 5.03. The van der Waals surface area contributed by atoms with Gasteiger partial charge < -0.3 is 10.1 Å². The van der Waals surface area contributed by atoms with Gasteiger partial charge in [0, 0.05) is 24.1 Å². The SMILES string of the molecule is CC1(CNc2nn3cc(-c4ccc(F)cc4)nc3s2)CCOC1. The van der Waals surface area contributed by atoms with Crippen LogP contribution in [0.3, 0.4) is 0 Å². The maximum Gasteiger partial charge on any atom is 0.214 e. The molecule has 0 amide bonds. The highest BCUT2D eigenvalue weighted by atomic mass is 32.1. The van der Waals surface area contributed by atoms with Gasteiger partial charge in [-0.05, 0) is 30.7 Å². The summed E-state index contributed by atoms with van der Waals surface area (Å²) in [6, 6.07) is 6.32. The van der Waals surface area contributed by atoms with Crippen molar-refractivity contribution >= 4 is 21.4 Å². The molecule has 7 heteroatoms. The van der Waals surface area contributed by atoms with Crippen molar-refractivity contribution in [3.05, 3.63) is 36.3 Å². The molecule has 0 aliphatic carbocycles. The molecule has 3 heterocycles. The Kier molecular flexibility index (Phi) is 3.54. The van der Waals surface area contributed by atoms with E-state index in [0.29, 0.717) is 0 Å². The summed E-state index contributed by atoms with van der Waals surface area (Å²) in [5.41, 5.74) is 1.85. The van der Waals surface area contributed by atoms with E-state index in [-0.39, 0.29) is 11.2 Å². The number of nitrogens with one attached hydrogen (secondary N) is 1. The molecule has 1 aliphatic rings. The molecule has 2 aromatic heterocycles. The lowest BCUT2D eigenvalue weighted by Crippen LogP contribution is -2.26. The van der Waals surface area contributed by atoms with Crippen molar-refractivity contribution in [3.8, 4) is 11.3 Å². The fourth-order valence-electron chi connectivity index (χ4n) is 2.67. The highest BCUT2D eigenvalue weighted by Gasteiger charge is 2.29. The van der Waals surface area contributed by atoms with Crippen LogP contribution in [-0.2, 0) is 4.74 Å². The normalized spacial score (nSPS) is 21.1. The molecular formula is C16H17FN4OS. The van der Waals surface area contributed by atoms with Crippen molar-refractivity contribution < 1.29 is 9.13 Å². The zero-order valence-electron chi connectivity index (χ0n) is 12.8. The van der Waals surface area contributed by atoms with Gasteiger partial charge in [0.25, 0.3) is 0 Å². The minimum atomic E-state index is -0.247. The molecule has 120 valence electrons. The van der Waals surface area contributed by atoms with Crippen molar-refractivity contribution in [2.45, 2.75) is 13.3 Å². The number of hydrogen-bond acceptors (Lipinski definition) is 5. The third kappa shape index (κ3) is 2.94. The summed E-state index contributed by atoms with van der Waals surface area (Å²) in [7, 11) is 0. The maximum atomic E-state index is 13.0. The Balaban J connectivity index is 1.51. The Morgan fingerprint density at radius 3 is 2.91 bits per heavy atom. The Bertz CT molecular complexity index is 789. The number of anilines is 1. The lowest BCUT2D eigenvalue weighted by Gasteiger charge is -2.21. The summed E-state index contributed by atoms with van der Waals surface area (Å²) >= 11 is 1.51. The highest BCUT2D eigenvalue weighted by Crippen LogP contribution is 2.29. The molecule has 3 aromatic rings. The number of imidazole rings is 1. The lowest BCUT2D eigenvalue weighted by atomic mass is 9.90. The molecular weight excluding hydrogens is 315 g/mol.